The van der Waals surface area contributed by atoms with Crippen molar-refractivity contribution in [2.75, 3.05) is 25.4 Å². The van der Waals surface area contributed by atoms with E-state index >= 15 is 0 Å². The number of ether oxygens (including phenoxy) is 1. The number of carbonyl (C=O) groups excluding carboxylic acids is 1. The van der Waals surface area contributed by atoms with Crippen LogP contribution < -0.4 is 5.56 Å². The zero-order valence-electron chi connectivity index (χ0n) is 17.9. The molecule has 0 N–H and O–H groups in total. The summed E-state index contributed by atoms with van der Waals surface area (Å²) in [5.41, 5.74) is 1.32. The molecule has 164 valence electrons. The molecule has 1 fully saturated rings. The van der Waals surface area contributed by atoms with Crippen molar-refractivity contribution in [3.05, 3.63) is 20.8 Å². The molecule has 1 saturated heterocycles. The fourth-order valence-electron chi connectivity index (χ4n) is 4.32. The number of rotatable bonds is 8. The predicted molar refractivity (Wildman–Crippen MR) is 123 cm³/mol. The first-order valence-electron chi connectivity index (χ1n) is 11.2. The van der Waals surface area contributed by atoms with E-state index in [0.29, 0.717) is 37.2 Å². The molecule has 1 amide bonds. The zero-order chi connectivity index (χ0) is 21.1. The third kappa shape index (κ3) is 4.60. The number of fused-ring (bicyclic) bond motifs is 3. The molecule has 1 aliphatic carbocycles. The molecule has 0 aromatic carbocycles. The highest BCUT2D eigenvalue weighted by Crippen LogP contribution is 2.35. The van der Waals surface area contributed by atoms with Crippen LogP contribution in [0.15, 0.2) is 9.95 Å². The Kier molecular flexibility index (Phi) is 7.16. The molecular weight excluding hydrogens is 418 g/mol. The average Bonchev–Trinajstić information content (AvgIpc) is 3.31. The number of thiophene rings is 1. The van der Waals surface area contributed by atoms with E-state index in [9.17, 15) is 9.59 Å². The number of thioether (sulfide) groups is 1. The third-order valence-electron chi connectivity index (χ3n) is 5.94. The third-order valence-corrected chi connectivity index (χ3v) is 8.09. The lowest BCUT2D eigenvalue weighted by Gasteiger charge is -2.31. The van der Waals surface area contributed by atoms with Crippen LogP contribution in [0.1, 0.15) is 56.4 Å². The number of carbonyl (C=O) groups is 1. The first-order valence-corrected chi connectivity index (χ1v) is 13.0. The summed E-state index contributed by atoms with van der Waals surface area (Å²) in [4.78, 5) is 35.1. The molecule has 0 saturated carbocycles. The molecule has 0 radical (unpaired) electrons. The highest BCUT2D eigenvalue weighted by Gasteiger charge is 2.25. The van der Waals surface area contributed by atoms with Crippen molar-refractivity contribution < 1.29 is 9.53 Å². The monoisotopic (exact) mass is 449 g/mol. The Labute approximate surface area is 186 Å². The molecule has 4 rings (SSSR count). The Morgan fingerprint density at radius 2 is 2.17 bits per heavy atom. The number of morpholine rings is 1. The molecular formula is C22H31N3O3S2. The van der Waals surface area contributed by atoms with E-state index in [1.807, 2.05) is 16.4 Å². The van der Waals surface area contributed by atoms with Gasteiger partial charge in [0.25, 0.3) is 5.56 Å². The van der Waals surface area contributed by atoms with Crippen LogP contribution in [0.5, 0.6) is 0 Å². The Balaban J connectivity index is 1.57. The summed E-state index contributed by atoms with van der Waals surface area (Å²) in [6.45, 7) is 6.72. The Bertz CT molecular complexity index is 969. The van der Waals surface area contributed by atoms with E-state index in [-0.39, 0.29) is 17.6 Å². The molecule has 2 aromatic heterocycles. The minimum absolute atomic E-state index is 0.0763. The lowest BCUT2D eigenvalue weighted by Crippen LogP contribution is -2.45. The van der Waals surface area contributed by atoms with E-state index in [0.717, 1.165) is 48.7 Å². The van der Waals surface area contributed by atoms with Crippen LogP contribution in [0.4, 0.5) is 0 Å². The predicted octanol–water partition coefficient (Wildman–Crippen LogP) is 3.87. The molecule has 2 aromatic rings. The molecule has 6 nitrogen and oxygen atoms in total. The number of hydrogen-bond acceptors (Lipinski definition) is 6. The van der Waals surface area contributed by atoms with Gasteiger partial charge >= 0.3 is 0 Å². The molecule has 1 atom stereocenters. The Hall–Kier alpha value is -1.38. The first-order chi connectivity index (χ1) is 14.6. The average molecular weight is 450 g/mol. The highest BCUT2D eigenvalue weighted by atomic mass is 32.2. The summed E-state index contributed by atoms with van der Waals surface area (Å²) < 4.78 is 7.38. The second kappa shape index (κ2) is 9.83. The van der Waals surface area contributed by atoms with Crippen LogP contribution in [0, 0.1) is 0 Å². The molecule has 3 heterocycles. The Morgan fingerprint density at radius 3 is 2.97 bits per heavy atom. The number of hydrogen-bond donors (Lipinski definition) is 0. The van der Waals surface area contributed by atoms with Crippen LogP contribution in [0.3, 0.4) is 0 Å². The van der Waals surface area contributed by atoms with Gasteiger partial charge < -0.3 is 9.64 Å². The molecule has 0 bridgehead atoms. The summed E-state index contributed by atoms with van der Waals surface area (Å²) in [5.74, 6) is 0.403. The maximum Gasteiger partial charge on any atom is 0.263 e. The van der Waals surface area contributed by atoms with Crippen molar-refractivity contribution in [3.8, 4) is 0 Å². The normalized spacial score (nSPS) is 18.9. The summed E-state index contributed by atoms with van der Waals surface area (Å²) in [6.07, 6.45) is 7.67. The number of aromatic nitrogens is 2. The molecule has 8 heteroatoms. The number of amides is 1. The maximum absolute atomic E-state index is 13.4. The van der Waals surface area contributed by atoms with Crippen LogP contribution in [0.25, 0.3) is 10.2 Å². The smallest absolute Gasteiger partial charge is 0.263 e. The van der Waals surface area contributed by atoms with E-state index in [2.05, 4.69) is 6.92 Å². The minimum Gasteiger partial charge on any atom is -0.375 e. The summed E-state index contributed by atoms with van der Waals surface area (Å²) in [6, 6.07) is 0. The molecule has 30 heavy (non-hydrogen) atoms. The van der Waals surface area contributed by atoms with Crippen molar-refractivity contribution >= 4 is 39.2 Å². The van der Waals surface area contributed by atoms with Crippen molar-refractivity contribution in [1.82, 2.24) is 14.5 Å². The zero-order valence-corrected chi connectivity index (χ0v) is 19.6. The van der Waals surface area contributed by atoms with E-state index in [1.54, 1.807) is 11.3 Å². The van der Waals surface area contributed by atoms with Crippen molar-refractivity contribution in [3.63, 3.8) is 0 Å². The van der Waals surface area contributed by atoms with Gasteiger partial charge in [-0.3, -0.25) is 14.2 Å². The minimum atomic E-state index is 0.0763. The fourth-order valence-corrected chi connectivity index (χ4v) is 6.56. The topological polar surface area (TPSA) is 64.4 Å². The SMILES string of the molecule is CCCCCCn1c(SCC(=O)N2CCOC(C)C2)nc2sc3c(c2c1=O)CCC3. The van der Waals surface area contributed by atoms with Crippen molar-refractivity contribution in [1.29, 1.82) is 0 Å². The Morgan fingerprint density at radius 1 is 1.30 bits per heavy atom. The number of nitrogens with zero attached hydrogens (tertiary/aromatic N) is 3. The van der Waals surface area contributed by atoms with Gasteiger partial charge in [0.05, 0.1) is 23.8 Å². The van der Waals surface area contributed by atoms with Gasteiger partial charge in [0.15, 0.2) is 5.16 Å². The first kappa shape index (κ1) is 21.8. The van der Waals surface area contributed by atoms with Crippen LogP contribution in [0.2, 0.25) is 0 Å². The van der Waals surface area contributed by atoms with Gasteiger partial charge in [-0.15, -0.1) is 11.3 Å². The van der Waals surface area contributed by atoms with E-state index in [4.69, 9.17) is 9.72 Å². The van der Waals surface area contributed by atoms with Crippen LogP contribution in [-0.4, -0.2) is 51.9 Å². The van der Waals surface area contributed by atoms with Gasteiger partial charge in [-0.2, -0.15) is 0 Å². The number of aryl methyl sites for hydroxylation is 2. The molecule has 0 spiro atoms. The van der Waals surface area contributed by atoms with Crippen molar-refractivity contribution in [2.24, 2.45) is 0 Å². The van der Waals surface area contributed by atoms with E-state index in [1.165, 1.54) is 28.6 Å². The summed E-state index contributed by atoms with van der Waals surface area (Å²) >= 11 is 3.08. The van der Waals surface area contributed by atoms with Gasteiger partial charge in [0.1, 0.15) is 4.83 Å². The van der Waals surface area contributed by atoms with Crippen LogP contribution >= 0.6 is 23.1 Å². The van der Waals surface area contributed by atoms with E-state index < -0.39 is 0 Å². The number of unbranched alkanes of at least 4 members (excludes halogenated alkanes) is 3. The van der Waals surface area contributed by atoms with Gasteiger partial charge in [0.2, 0.25) is 5.91 Å². The fraction of sp³-hybridized carbons (Fsp3) is 0.682. The lowest BCUT2D eigenvalue weighted by molar-refractivity contribution is -0.135. The van der Waals surface area contributed by atoms with Gasteiger partial charge in [-0.1, -0.05) is 37.9 Å². The second-order valence-electron chi connectivity index (χ2n) is 8.26. The largest absolute Gasteiger partial charge is 0.375 e. The second-order valence-corrected chi connectivity index (χ2v) is 10.3. The standard InChI is InChI=1S/C22H31N3O3S2/c1-3-4-5-6-10-25-21(27)19-16-8-7-9-17(16)30-20(19)23-22(25)29-14-18(26)24-11-12-28-15(2)13-24/h15H,3-14H2,1-2H3. The van der Waals surface area contributed by atoms with Gasteiger partial charge in [-0.25, -0.2) is 4.98 Å². The maximum atomic E-state index is 13.4. The molecule has 1 unspecified atom stereocenters. The van der Waals surface area contributed by atoms with Gasteiger partial charge in [0, 0.05) is 24.5 Å². The summed E-state index contributed by atoms with van der Waals surface area (Å²) in [7, 11) is 0. The highest BCUT2D eigenvalue weighted by molar-refractivity contribution is 7.99. The van der Waals surface area contributed by atoms with Crippen molar-refractivity contribution in [2.45, 2.75) is 76.6 Å². The molecule has 2 aliphatic rings. The molecule has 1 aliphatic heterocycles. The quantitative estimate of drug-likeness (QED) is 0.348. The summed E-state index contributed by atoms with van der Waals surface area (Å²) in [5, 5.41) is 1.53. The van der Waals surface area contributed by atoms with Gasteiger partial charge in [-0.05, 0) is 38.2 Å². The van der Waals surface area contributed by atoms with Crippen LogP contribution in [-0.2, 0) is 28.9 Å². The lowest BCUT2D eigenvalue weighted by atomic mass is 10.2.